The van der Waals surface area contributed by atoms with Crippen molar-refractivity contribution in [2.24, 2.45) is 0 Å². The molecule has 0 saturated carbocycles. The molecule has 1 aliphatic heterocycles. The van der Waals surface area contributed by atoms with Crippen LogP contribution < -0.4 is 16.0 Å². The van der Waals surface area contributed by atoms with Gasteiger partial charge in [0.05, 0.1) is 99.1 Å². The van der Waals surface area contributed by atoms with Crippen LogP contribution in [0.15, 0.2) is 24.3 Å². The number of carbonyl (C=O) groups is 6. The maximum Gasteiger partial charge on any atom is 0.253 e. The van der Waals surface area contributed by atoms with Crippen LogP contribution in [0.4, 0.5) is 0 Å². The van der Waals surface area contributed by atoms with Gasteiger partial charge in [-0.2, -0.15) is 0 Å². The van der Waals surface area contributed by atoms with E-state index in [2.05, 4.69) is 22.5 Å². The summed E-state index contributed by atoms with van der Waals surface area (Å²) in [6.07, 6.45) is 6.16. The minimum atomic E-state index is -0.804. The Morgan fingerprint density at radius 3 is 1.59 bits per heavy atom. The molecule has 1 aliphatic rings. The van der Waals surface area contributed by atoms with E-state index in [4.69, 9.17) is 37.9 Å². The van der Waals surface area contributed by atoms with E-state index in [1.54, 1.807) is 14.0 Å². The Balaban J connectivity index is 2.07. The van der Waals surface area contributed by atoms with E-state index in [0.29, 0.717) is 143 Å². The Labute approximate surface area is 343 Å². The summed E-state index contributed by atoms with van der Waals surface area (Å²) in [5.41, 5.74) is 0.404. The summed E-state index contributed by atoms with van der Waals surface area (Å²) < 4.78 is 42.9. The molecule has 18 heteroatoms. The van der Waals surface area contributed by atoms with Gasteiger partial charge in [0.1, 0.15) is 6.04 Å². The number of allylic oxidation sites excluding steroid dienone is 1. The number of Topliss-reactive ketones (excluding diaryl/α,β-unsaturated/α-hetero) is 1. The predicted molar refractivity (Wildman–Crippen MR) is 213 cm³/mol. The molecule has 0 aromatic heterocycles. The molecule has 5 amide bonds. The smallest absolute Gasteiger partial charge is 0.253 e. The minimum absolute atomic E-state index is 0.109. The standard InChI is InChI=1S/C40H68N4O14/c1-33(2)35(45)13-16-42-40(50)34(43-37(47)10-5-4-8-17-44-38(48)11-12-39(44)49)9-6-7-15-41-36(46)14-18-52-21-22-54-25-26-56-29-30-58-32-31-57-28-27-55-24-23-53-20-19-51-3/h11-12,34H,1,4-10,13-32H2,2-3H3,(H,41,46)(H,42,50)(H,43,47)/t34-/m0/s1. The van der Waals surface area contributed by atoms with Gasteiger partial charge >= 0.3 is 0 Å². The lowest BCUT2D eigenvalue weighted by Gasteiger charge is -2.19. The van der Waals surface area contributed by atoms with Crippen LogP contribution in [-0.2, 0) is 66.7 Å². The molecule has 0 aliphatic carbocycles. The Morgan fingerprint density at radius 2 is 1.09 bits per heavy atom. The quantitative estimate of drug-likeness (QED) is 0.0447. The molecule has 0 aromatic carbocycles. The summed E-state index contributed by atoms with van der Waals surface area (Å²) >= 11 is 0. The maximum atomic E-state index is 12.9. The molecule has 0 fully saturated rings. The second-order valence-corrected chi connectivity index (χ2v) is 13.2. The lowest BCUT2D eigenvalue weighted by Crippen LogP contribution is -2.47. The van der Waals surface area contributed by atoms with E-state index in [0.717, 1.165) is 4.90 Å². The molecular formula is C40H68N4O14. The van der Waals surface area contributed by atoms with Crippen molar-refractivity contribution >= 4 is 35.3 Å². The molecule has 58 heavy (non-hydrogen) atoms. The number of rotatable bonds is 41. The van der Waals surface area contributed by atoms with Crippen molar-refractivity contribution in [1.82, 2.24) is 20.9 Å². The number of hydrogen-bond acceptors (Lipinski definition) is 14. The highest BCUT2D eigenvalue weighted by Crippen LogP contribution is 2.09. The highest BCUT2D eigenvalue weighted by Gasteiger charge is 2.23. The van der Waals surface area contributed by atoms with Crippen molar-refractivity contribution in [1.29, 1.82) is 0 Å². The number of methoxy groups -OCH3 is 1. The van der Waals surface area contributed by atoms with Gasteiger partial charge in [0.15, 0.2) is 5.78 Å². The summed E-state index contributed by atoms with van der Waals surface area (Å²) in [4.78, 5) is 74.2. The van der Waals surface area contributed by atoms with Gasteiger partial charge in [-0.3, -0.25) is 33.7 Å². The number of imide groups is 1. The molecule has 0 unspecified atom stereocenters. The van der Waals surface area contributed by atoms with Gasteiger partial charge in [-0.15, -0.1) is 0 Å². The van der Waals surface area contributed by atoms with Gasteiger partial charge in [-0.1, -0.05) is 13.0 Å². The van der Waals surface area contributed by atoms with Gasteiger partial charge < -0.3 is 53.8 Å². The molecule has 1 heterocycles. The normalized spacial score (nSPS) is 12.9. The Bertz CT molecular complexity index is 1200. The average molecular weight is 829 g/mol. The van der Waals surface area contributed by atoms with E-state index in [-0.39, 0.29) is 68.4 Å². The number of ether oxygens (including phenoxy) is 8. The summed E-state index contributed by atoms with van der Waals surface area (Å²) in [6, 6.07) is -0.804. The van der Waals surface area contributed by atoms with E-state index in [9.17, 15) is 28.8 Å². The second-order valence-electron chi connectivity index (χ2n) is 13.2. The number of hydrogen-bond donors (Lipinski definition) is 3. The van der Waals surface area contributed by atoms with E-state index >= 15 is 0 Å². The first-order chi connectivity index (χ1) is 28.1. The van der Waals surface area contributed by atoms with Crippen LogP contribution in [0.2, 0.25) is 0 Å². The minimum Gasteiger partial charge on any atom is -0.382 e. The zero-order valence-corrected chi connectivity index (χ0v) is 34.7. The fraction of sp³-hybridized carbons (Fsp3) is 0.750. The van der Waals surface area contributed by atoms with Crippen LogP contribution in [-0.4, -0.2) is 172 Å². The van der Waals surface area contributed by atoms with Crippen LogP contribution in [0.3, 0.4) is 0 Å². The van der Waals surface area contributed by atoms with Crippen molar-refractivity contribution in [2.45, 2.75) is 70.8 Å². The monoisotopic (exact) mass is 828 g/mol. The maximum absolute atomic E-state index is 12.9. The SMILES string of the molecule is C=C(C)C(=O)CCNC(=O)[C@H](CCCCNC(=O)CCOCCOCCOCCOCCOCCOCCOCCOC)NC(=O)CCCCCN1C(=O)C=CC1=O. The molecule has 0 saturated heterocycles. The number of amides is 5. The van der Waals surface area contributed by atoms with Crippen molar-refractivity contribution in [2.75, 3.05) is 126 Å². The number of nitrogens with zero attached hydrogens (tertiary/aromatic N) is 1. The molecular weight excluding hydrogens is 760 g/mol. The summed E-state index contributed by atoms with van der Waals surface area (Å²) in [5.74, 6) is -1.67. The van der Waals surface area contributed by atoms with Crippen LogP contribution >= 0.6 is 0 Å². The van der Waals surface area contributed by atoms with Crippen LogP contribution in [0, 0.1) is 0 Å². The molecule has 3 N–H and O–H groups in total. The molecule has 1 atom stereocenters. The first kappa shape index (κ1) is 52.4. The average Bonchev–Trinajstić information content (AvgIpc) is 3.52. The molecule has 0 aromatic rings. The van der Waals surface area contributed by atoms with Crippen molar-refractivity contribution in [3.8, 4) is 0 Å². The zero-order valence-electron chi connectivity index (χ0n) is 34.7. The molecule has 18 nitrogen and oxygen atoms in total. The fourth-order valence-electron chi connectivity index (χ4n) is 5.07. The topological polar surface area (TPSA) is 216 Å². The van der Waals surface area contributed by atoms with Crippen molar-refractivity contribution in [3.63, 3.8) is 0 Å². The van der Waals surface area contributed by atoms with E-state index in [1.807, 2.05) is 0 Å². The number of nitrogens with one attached hydrogen (secondary N) is 3. The fourth-order valence-corrected chi connectivity index (χ4v) is 5.07. The molecule has 332 valence electrons. The Kier molecular flexibility index (Phi) is 32.9. The second kappa shape index (κ2) is 36.5. The van der Waals surface area contributed by atoms with Gasteiger partial charge in [0.25, 0.3) is 11.8 Å². The van der Waals surface area contributed by atoms with Gasteiger partial charge in [0.2, 0.25) is 17.7 Å². The van der Waals surface area contributed by atoms with Crippen LogP contribution in [0.1, 0.15) is 64.7 Å². The highest BCUT2D eigenvalue weighted by atomic mass is 16.6. The molecule has 0 radical (unpaired) electrons. The van der Waals surface area contributed by atoms with Gasteiger partial charge in [-0.05, 0) is 44.6 Å². The number of ketones is 1. The third-order valence-electron chi connectivity index (χ3n) is 8.34. The summed E-state index contributed by atoms with van der Waals surface area (Å²) in [7, 11) is 1.63. The van der Waals surface area contributed by atoms with Crippen molar-refractivity contribution in [3.05, 3.63) is 24.3 Å². The highest BCUT2D eigenvalue weighted by molar-refractivity contribution is 6.12. The largest absolute Gasteiger partial charge is 0.382 e. The first-order valence-corrected chi connectivity index (χ1v) is 20.2. The third kappa shape index (κ3) is 29.6. The third-order valence-corrected chi connectivity index (χ3v) is 8.34. The van der Waals surface area contributed by atoms with E-state index < -0.39 is 11.9 Å². The van der Waals surface area contributed by atoms with Crippen LogP contribution in [0.5, 0.6) is 0 Å². The summed E-state index contributed by atoms with van der Waals surface area (Å²) in [6.45, 7) is 12.9. The zero-order chi connectivity index (χ0) is 42.5. The molecule has 0 bridgehead atoms. The number of carbonyl (C=O) groups excluding carboxylic acids is 6. The lowest BCUT2D eigenvalue weighted by molar-refractivity contribution is -0.137. The first-order valence-electron chi connectivity index (χ1n) is 20.2. The molecule has 0 spiro atoms. The predicted octanol–water partition coefficient (Wildman–Crippen LogP) is 1.05. The Hall–Kier alpha value is -3.62. The Morgan fingerprint density at radius 1 is 0.586 bits per heavy atom. The van der Waals surface area contributed by atoms with Gasteiger partial charge in [-0.25, -0.2) is 0 Å². The lowest BCUT2D eigenvalue weighted by atomic mass is 10.1. The number of unbranched alkanes of at least 4 members (excludes halogenated alkanes) is 3. The van der Waals surface area contributed by atoms with Gasteiger partial charge in [0, 0.05) is 58.2 Å². The summed E-state index contributed by atoms with van der Waals surface area (Å²) in [5, 5.41) is 8.34. The van der Waals surface area contributed by atoms with Crippen LogP contribution in [0.25, 0.3) is 0 Å². The van der Waals surface area contributed by atoms with E-state index in [1.165, 1.54) is 12.2 Å². The van der Waals surface area contributed by atoms with Crippen molar-refractivity contribution < 1.29 is 66.7 Å². The molecule has 1 rings (SSSR count).